The van der Waals surface area contributed by atoms with Crippen LogP contribution >= 0.6 is 0 Å². The van der Waals surface area contributed by atoms with Gasteiger partial charge in [-0.05, 0) is 29.7 Å². The topological polar surface area (TPSA) is 64.6 Å². The van der Waals surface area contributed by atoms with Crippen LogP contribution < -0.4 is 4.74 Å². The van der Waals surface area contributed by atoms with E-state index in [2.05, 4.69) is 9.97 Å². The molecule has 1 aliphatic heterocycles. The summed E-state index contributed by atoms with van der Waals surface area (Å²) in [5.41, 5.74) is 1.29. The van der Waals surface area contributed by atoms with Crippen molar-refractivity contribution in [2.24, 2.45) is 0 Å². The Morgan fingerprint density at radius 1 is 1.03 bits per heavy atom. The van der Waals surface area contributed by atoms with Crippen molar-refractivity contribution in [3.8, 4) is 5.88 Å². The quantitative estimate of drug-likeness (QED) is 0.505. The first-order valence-electron chi connectivity index (χ1n) is 10.1. The van der Waals surface area contributed by atoms with Crippen LogP contribution in [0.25, 0.3) is 21.7 Å². The summed E-state index contributed by atoms with van der Waals surface area (Å²) in [6, 6.07) is 17.5. The first kappa shape index (κ1) is 19.4. The van der Waals surface area contributed by atoms with Gasteiger partial charge in [-0.25, -0.2) is 14.4 Å². The van der Waals surface area contributed by atoms with E-state index in [0.29, 0.717) is 41.9 Å². The summed E-state index contributed by atoms with van der Waals surface area (Å²) in [4.78, 5) is 23.4. The number of hydrogen-bond acceptors (Lipinski definition) is 5. The molecule has 0 N–H and O–H groups in total. The molecule has 0 saturated carbocycles. The van der Waals surface area contributed by atoms with Crippen LogP contribution in [0, 0.1) is 5.82 Å². The molecule has 0 bridgehead atoms. The summed E-state index contributed by atoms with van der Waals surface area (Å²) in [5.74, 6) is 0.0108. The Kier molecular flexibility index (Phi) is 5.18. The van der Waals surface area contributed by atoms with Crippen LogP contribution in [0.4, 0.5) is 4.39 Å². The first-order valence-corrected chi connectivity index (χ1v) is 10.1. The lowest BCUT2D eigenvalue weighted by Crippen LogP contribution is -2.47. The van der Waals surface area contributed by atoms with Crippen molar-refractivity contribution in [2.45, 2.75) is 6.10 Å². The maximum absolute atomic E-state index is 14.1. The van der Waals surface area contributed by atoms with E-state index < -0.39 is 0 Å². The van der Waals surface area contributed by atoms with Crippen molar-refractivity contribution in [2.75, 3.05) is 26.3 Å². The third kappa shape index (κ3) is 3.80. The number of aromatic nitrogens is 2. The van der Waals surface area contributed by atoms with E-state index in [-0.39, 0.29) is 24.4 Å². The summed E-state index contributed by atoms with van der Waals surface area (Å²) >= 11 is 0. The van der Waals surface area contributed by atoms with Gasteiger partial charge < -0.3 is 14.4 Å². The van der Waals surface area contributed by atoms with Gasteiger partial charge in [-0.2, -0.15) is 0 Å². The van der Waals surface area contributed by atoms with Crippen LogP contribution in [0.3, 0.4) is 0 Å². The second-order valence-electron chi connectivity index (χ2n) is 7.39. The zero-order valence-electron chi connectivity index (χ0n) is 16.7. The van der Waals surface area contributed by atoms with Gasteiger partial charge in [0.05, 0.1) is 24.1 Å². The number of ether oxygens (including phenoxy) is 2. The Morgan fingerprint density at radius 2 is 1.81 bits per heavy atom. The van der Waals surface area contributed by atoms with E-state index >= 15 is 0 Å². The largest absolute Gasteiger partial charge is 0.474 e. The monoisotopic (exact) mass is 417 g/mol. The number of amides is 1. The van der Waals surface area contributed by atoms with Gasteiger partial charge >= 0.3 is 0 Å². The summed E-state index contributed by atoms with van der Waals surface area (Å²) in [6.07, 6.45) is 1.17. The molecular formula is C24H20FN3O3. The van der Waals surface area contributed by atoms with Crippen LogP contribution in [-0.4, -0.2) is 53.2 Å². The fraction of sp³-hybridized carbons (Fsp3) is 0.208. The Labute approximate surface area is 178 Å². The molecule has 1 unspecified atom stereocenters. The van der Waals surface area contributed by atoms with Crippen molar-refractivity contribution >= 4 is 27.6 Å². The van der Waals surface area contributed by atoms with Crippen molar-refractivity contribution in [1.82, 2.24) is 14.9 Å². The van der Waals surface area contributed by atoms with Crippen molar-refractivity contribution in [1.29, 1.82) is 0 Å². The summed E-state index contributed by atoms with van der Waals surface area (Å²) in [7, 11) is 0. The molecule has 1 aliphatic rings. The predicted molar refractivity (Wildman–Crippen MR) is 115 cm³/mol. The number of morpholine rings is 1. The van der Waals surface area contributed by atoms with E-state index in [0.717, 1.165) is 10.9 Å². The molecule has 1 atom stereocenters. The number of nitrogens with zero attached hydrogens (tertiary/aromatic N) is 3. The number of benzene rings is 3. The summed E-state index contributed by atoms with van der Waals surface area (Å²) in [6.45, 7) is 1.52. The fourth-order valence-electron chi connectivity index (χ4n) is 3.89. The number of fused-ring (bicyclic) bond motifs is 2. The highest BCUT2D eigenvalue weighted by Crippen LogP contribution is 2.24. The van der Waals surface area contributed by atoms with Gasteiger partial charge in [0, 0.05) is 17.5 Å². The molecule has 2 heterocycles. The molecule has 1 aromatic heterocycles. The number of rotatable bonds is 4. The van der Waals surface area contributed by atoms with Crippen LogP contribution in [-0.2, 0) is 4.74 Å². The lowest BCUT2D eigenvalue weighted by atomic mass is 10.0. The molecule has 4 aromatic rings. The Bertz CT molecular complexity index is 1260. The van der Waals surface area contributed by atoms with Gasteiger partial charge in [-0.15, -0.1) is 0 Å². The molecule has 156 valence electrons. The third-order valence-corrected chi connectivity index (χ3v) is 5.44. The number of carbonyl (C=O) groups excluding carboxylic acids is 1. The fourth-order valence-corrected chi connectivity index (χ4v) is 3.89. The second kappa shape index (κ2) is 8.28. The number of carbonyl (C=O) groups is 1. The zero-order chi connectivity index (χ0) is 21.2. The summed E-state index contributed by atoms with van der Waals surface area (Å²) < 4.78 is 25.9. The molecule has 1 saturated heterocycles. The highest BCUT2D eigenvalue weighted by molar-refractivity contribution is 6.07. The number of para-hydroxylation sites is 1. The first-order chi connectivity index (χ1) is 15.2. The maximum atomic E-state index is 14.1. The smallest absolute Gasteiger partial charge is 0.254 e. The van der Waals surface area contributed by atoms with Crippen molar-refractivity contribution in [3.05, 3.63) is 78.4 Å². The molecule has 1 amide bonds. The molecule has 0 radical (unpaired) electrons. The molecule has 0 aliphatic carbocycles. The zero-order valence-corrected chi connectivity index (χ0v) is 16.7. The molecule has 6 nitrogen and oxygen atoms in total. The average molecular weight is 417 g/mol. The number of hydrogen-bond donors (Lipinski definition) is 0. The van der Waals surface area contributed by atoms with Crippen LogP contribution in [0.5, 0.6) is 5.88 Å². The van der Waals surface area contributed by atoms with Crippen LogP contribution in [0.15, 0.2) is 67.0 Å². The van der Waals surface area contributed by atoms with Gasteiger partial charge in [0.1, 0.15) is 24.9 Å². The van der Waals surface area contributed by atoms with E-state index in [1.54, 1.807) is 35.2 Å². The van der Waals surface area contributed by atoms with Crippen LogP contribution in [0.1, 0.15) is 10.4 Å². The third-order valence-electron chi connectivity index (χ3n) is 5.44. The standard InChI is InChI=1S/C24H20FN3O3/c25-21-10-9-19(17-5-1-2-6-18(17)21)24(29)28-11-12-30-16(13-28)14-31-23-20-7-3-4-8-22(20)26-15-27-23/h1-10,15-16H,11-14H2. The molecule has 3 aromatic carbocycles. The minimum atomic E-state index is -0.336. The van der Waals surface area contributed by atoms with E-state index in [9.17, 15) is 9.18 Å². The highest BCUT2D eigenvalue weighted by Gasteiger charge is 2.27. The Balaban J connectivity index is 1.32. The second-order valence-corrected chi connectivity index (χ2v) is 7.39. The van der Waals surface area contributed by atoms with Gasteiger partial charge in [0.25, 0.3) is 5.91 Å². The minimum Gasteiger partial charge on any atom is -0.474 e. The molecule has 1 fully saturated rings. The van der Waals surface area contributed by atoms with Crippen molar-refractivity contribution in [3.63, 3.8) is 0 Å². The Morgan fingerprint density at radius 3 is 2.68 bits per heavy atom. The predicted octanol–water partition coefficient (Wildman–Crippen LogP) is 3.84. The minimum absolute atomic E-state index is 0.142. The van der Waals surface area contributed by atoms with E-state index in [4.69, 9.17) is 9.47 Å². The maximum Gasteiger partial charge on any atom is 0.254 e. The van der Waals surface area contributed by atoms with Gasteiger partial charge in [-0.1, -0.05) is 36.4 Å². The SMILES string of the molecule is O=C(c1ccc(F)c2ccccc12)N1CCOC(COc2ncnc3ccccc23)C1. The molecule has 7 heteroatoms. The molecule has 31 heavy (non-hydrogen) atoms. The van der Waals surface area contributed by atoms with Gasteiger partial charge in [0.15, 0.2) is 0 Å². The number of halogens is 1. The van der Waals surface area contributed by atoms with Crippen LogP contribution in [0.2, 0.25) is 0 Å². The van der Waals surface area contributed by atoms with E-state index in [1.807, 2.05) is 24.3 Å². The Hall–Kier alpha value is -3.58. The lowest BCUT2D eigenvalue weighted by Gasteiger charge is -2.33. The van der Waals surface area contributed by atoms with E-state index in [1.165, 1.54) is 12.4 Å². The highest BCUT2D eigenvalue weighted by atomic mass is 19.1. The molecule has 5 rings (SSSR count). The molecule has 0 spiro atoms. The molecular weight excluding hydrogens is 397 g/mol. The van der Waals surface area contributed by atoms with Gasteiger partial charge in [-0.3, -0.25) is 4.79 Å². The summed E-state index contributed by atoms with van der Waals surface area (Å²) in [5, 5.41) is 1.88. The normalized spacial score (nSPS) is 16.5. The van der Waals surface area contributed by atoms with Crippen molar-refractivity contribution < 1.29 is 18.7 Å². The lowest BCUT2D eigenvalue weighted by molar-refractivity contribution is -0.0404. The van der Waals surface area contributed by atoms with Gasteiger partial charge in [0.2, 0.25) is 5.88 Å². The average Bonchev–Trinajstić information content (AvgIpc) is 2.83.